The molecule has 11 heavy (non-hydrogen) atoms. The predicted octanol–water partition coefficient (Wildman–Crippen LogP) is 3.92. The van der Waals surface area contributed by atoms with Gasteiger partial charge in [-0.25, -0.2) is 0 Å². The molecule has 0 amide bonds. The van der Waals surface area contributed by atoms with E-state index in [1.54, 1.807) is 0 Å². The maximum absolute atomic E-state index is 4.11. The lowest BCUT2D eigenvalue weighted by atomic mass is 9.80. The van der Waals surface area contributed by atoms with Crippen molar-refractivity contribution in [1.82, 2.24) is 0 Å². The van der Waals surface area contributed by atoms with Gasteiger partial charge in [-0.05, 0) is 17.8 Å². The van der Waals surface area contributed by atoms with Crippen LogP contribution in [0.2, 0.25) is 0 Å². The third kappa shape index (κ3) is 3.79. The summed E-state index contributed by atoms with van der Waals surface area (Å²) in [5.41, 5.74) is 0. The van der Waals surface area contributed by atoms with Crippen molar-refractivity contribution in [2.75, 3.05) is 0 Å². The summed E-state index contributed by atoms with van der Waals surface area (Å²) in [6.07, 6.45) is 3.95. The molecular weight excluding hydrogens is 132 g/mol. The molecule has 0 bridgehead atoms. The first-order valence-corrected chi connectivity index (χ1v) is 4.96. The van der Waals surface area contributed by atoms with Gasteiger partial charge in [0.1, 0.15) is 0 Å². The van der Waals surface area contributed by atoms with Crippen LogP contribution in [-0.2, 0) is 0 Å². The van der Waals surface area contributed by atoms with Crippen LogP contribution in [0.5, 0.6) is 0 Å². The van der Waals surface area contributed by atoms with E-state index < -0.39 is 0 Å². The first-order chi connectivity index (χ1) is 5.13. The Morgan fingerprint density at radius 3 is 2.00 bits per heavy atom. The molecule has 0 nitrogen and oxygen atoms in total. The van der Waals surface area contributed by atoms with Crippen molar-refractivity contribution < 1.29 is 0 Å². The highest BCUT2D eigenvalue weighted by atomic mass is 14.2. The predicted molar refractivity (Wildman–Crippen MR) is 52.4 cm³/mol. The molecule has 3 atom stereocenters. The fourth-order valence-corrected chi connectivity index (χ4v) is 2.03. The molecule has 0 aromatic heterocycles. The van der Waals surface area contributed by atoms with Gasteiger partial charge in [0.2, 0.25) is 0 Å². The third-order valence-electron chi connectivity index (χ3n) is 2.68. The van der Waals surface area contributed by atoms with Gasteiger partial charge in [-0.2, -0.15) is 0 Å². The monoisotopic (exact) mass is 155 g/mol. The normalized spacial score (nSPS) is 16.9. The van der Waals surface area contributed by atoms with E-state index in [9.17, 15) is 0 Å². The van der Waals surface area contributed by atoms with Gasteiger partial charge in [0.15, 0.2) is 0 Å². The van der Waals surface area contributed by atoms with Crippen LogP contribution in [0.4, 0.5) is 0 Å². The van der Waals surface area contributed by atoms with E-state index in [1.807, 2.05) is 0 Å². The minimum atomic E-state index is 0.613. The van der Waals surface area contributed by atoms with Gasteiger partial charge in [-0.15, -0.1) is 0 Å². The average Bonchev–Trinajstić information content (AvgIpc) is 1.88. The maximum Gasteiger partial charge on any atom is -0.0365 e. The van der Waals surface area contributed by atoms with Crippen molar-refractivity contribution in [2.45, 2.75) is 47.0 Å². The standard InChI is InChI=1S/C11H23/c1-6-8-10(5)11(7-2)9(3)4/h9-11H,3,6-8H2,1-2,4-5H3. The summed E-state index contributed by atoms with van der Waals surface area (Å²) in [6.45, 7) is 13.2. The van der Waals surface area contributed by atoms with E-state index in [-0.39, 0.29) is 0 Å². The van der Waals surface area contributed by atoms with Crippen molar-refractivity contribution in [3.05, 3.63) is 6.92 Å². The van der Waals surface area contributed by atoms with E-state index in [2.05, 4.69) is 34.6 Å². The Labute approximate surface area is 72.4 Å². The van der Waals surface area contributed by atoms with Crippen LogP contribution in [0, 0.1) is 24.7 Å². The summed E-state index contributed by atoms with van der Waals surface area (Å²) in [4.78, 5) is 0. The van der Waals surface area contributed by atoms with Crippen LogP contribution in [0.25, 0.3) is 0 Å². The summed E-state index contributed by atoms with van der Waals surface area (Å²) in [5, 5.41) is 0. The molecule has 0 aromatic carbocycles. The van der Waals surface area contributed by atoms with Gasteiger partial charge in [-0.1, -0.05) is 53.9 Å². The summed E-state index contributed by atoms with van der Waals surface area (Å²) in [5.74, 6) is 2.30. The van der Waals surface area contributed by atoms with E-state index in [0.717, 1.165) is 11.8 Å². The molecule has 0 fully saturated rings. The van der Waals surface area contributed by atoms with E-state index >= 15 is 0 Å². The minimum absolute atomic E-state index is 0.613. The fourth-order valence-electron chi connectivity index (χ4n) is 2.03. The van der Waals surface area contributed by atoms with Crippen LogP contribution in [0.15, 0.2) is 0 Å². The summed E-state index contributed by atoms with van der Waals surface area (Å²) < 4.78 is 0. The molecule has 0 aliphatic carbocycles. The molecule has 0 rings (SSSR count). The molecule has 3 unspecified atom stereocenters. The molecule has 0 saturated heterocycles. The van der Waals surface area contributed by atoms with Crippen molar-refractivity contribution >= 4 is 0 Å². The second-order valence-electron chi connectivity index (χ2n) is 3.82. The molecule has 0 aliphatic heterocycles. The maximum atomic E-state index is 4.11. The Kier molecular flexibility index (Phi) is 5.62. The zero-order valence-electron chi connectivity index (χ0n) is 8.56. The largest absolute Gasteiger partial charge is 0.0654 e. The van der Waals surface area contributed by atoms with Crippen LogP contribution >= 0.6 is 0 Å². The van der Waals surface area contributed by atoms with Gasteiger partial charge < -0.3 is 0 Å². The summed E-state index contributed by atoms with van der Waals surface area (Å²) in [7, 11) is 0. The first-order valence-electron chi connectivity index (χ1n) is 4.96. The smallest absolute Gasteiger partial charge is 0.0365 e. The summed E-state index contributed by atoms with van der Waals surface area (Å²) in [6, 6.07) is 0. The Balaban J connectivity index is 3.81. The second-order valence-corrected chi connectivity index (χ2v) is 3.82. The topological polar surface area (TPSA) is 0 Å². The average molecular weight is 155 g/mol. The van der Waals surface area contributed by atoms with Gasteiger partial charge in [0.25, 0.3) is 0 Å². The fraction of sp³-hybridized carbons (Fsp3) is 0.909. The molecule has 0 spiro atoms. The van der Waals surface area contributed by atoms with Gasteiger partial charge in [0, 0.05) is 0 Å². The van der Waals surface area contributed by atoms with Crippen LogP contribution in [0.1, 0.15) is 47.0 Å². The van der Waals surface area contributed by atoms with Crippen LogP contribution in [0.3, 0.4) is 0 Å². The minimum Gasteiger partial charge on any atom is -0.0654 e. The lowest BCUT2D eigenvalue weighted by Gasteiger charge is -2.25. The second kappa shape index (κ2) is 5.62. The Morgan fingerprint density at radius 2 is 1.73 bits per heavy atom. The SMILES string of the molecule is [CH2]C(C)C(CC)C(C)CCC. The summed E-state index contributed by atoms with van der Waals surface area (Å²) >= 11 is 0. The van der Waals surface area contributed by atoms with Crippen molar-refractivity contribution in [3.8, 4) is 0 Å². The molecule has 0 aromatic rings. The molecule has 0 saturated carbocycles. The molecule has 0 heterocycles. The van der Waals surface area contributed by atoms with Crippen LogP contribution in [-0.4, -0.2) is 0 Å². The third-order valence-corrected chi connectivity index (χ3v) is 2.68. The molecule has 0 aliphatic rings. The first kappa shape index (κ1) is 11.0. The highest BCUT2D eigenvalue weighted by Crippen LogP contribution is 2.26. The van der Waals surface area contributed by atoms with Gasteiger partial charge >= 0.3 is 0 Å². The van der Waals surface area contributed by atoms with E-state index in [0.29, 0.717) is 5.92 Å². The molecule has 0 N–H and O–H groups in total. The molecule has 67 valence electrons. The highest BCUT2D eigenvalue weighted by Gasteiger charge is 2.17. The lowest BCUT2D eigenvalue weighted by molar-refractivity contribution is 0.266. The molecular formula is C11H23. The van der Waals surface area contributed by atoms with Crippen molar-refractivity contribution in [1.29, 1.82) is 0 Å². The van der Waals surface area contributed by atoms with Gasteiger partial charge in [0.05, 0.1) is 0 Å². The molecule has 0 heteroatoms. The van der Waals surface area contributed by atoms with Gasteiger partial charge in [-0.3, -0.25) is 0 Å². The number of hydrogen-bond donors (Lipinski definition) is 0. The van der Waals surface area contributed by atoms with Crippen molar-refractivity contribution in [2.24, 2.45) is 17.8 Å². The van der Waals surface area contributed by atoms with E-state index in [4.69, 9.17) is 0 Å². The number of rotatable bonds is 5. The zero-order valence-corrected chi connectivity index (χ0v) is 8.56. The Hall–Kier alpha value is 0. The quantitative estimate of drug-likeness (QED) is 0.564. The van der Waals surface area contributed by atoms with E-state index in [1.165, 1.54) is 19.3 Å². The van der Waals surface area contributed by atoms with Crippen LogP contribution < -0.4 is 0 Å². The lowest BCUT2D eigenvalue weighted by Crippen LogP contribution is -2.16. The Morgan fingerprint density at radius 1 is 1.18 bits per heavy atom. The van der Waals surface area contributed by atoms with Crippen molar-refractivity contribution in [3.63, 3.8) is 0 Å². The Bertz CT molecular complexity index is 84.0. The molecule has 1 radical (unpaired) electrons. The highest BCUT2D eigenvalue weighted by molar-refractivity contribution is 4.71. The zero-order chi connectivity index (χ0) is 8.85. The number of hydrogen-bond acceptors (Lipinski definition) is 0.